The fourth-order valence-electron chi connectivity index (χ4n) is 5.64. The highest BCUT2D eigenvalue weighted by atomic mass is 35.5. The molecule has 2 aliphatic heterocycles. The Labute approximate surface area is 179 Å². The Morgan fingerprint density at radius 2 is 1.83 bits per heavy atom. The molecule has 1 aromatic heterocycles. The molecule has 29 heavy (non-hydrogen) atoms. The third-order valence-electron chi connectivity index (χ3n) is 7.07. The second kappa shape index (κ2) is 8.19. The summed E-state index contributed by atoms with van der Waals surface area (Å²) in [5.74, 6) is 1.73. The molecule has 1 amide bonds. The minimum atomic E-state index is 0. The molecular weight excluding hydrogens is 386 g/mol. The summed E-state index contributed by atoms with van der Waals surface area (Å²) in [5, 5.41) is 4.47. The molecule has 158 valence electrons. The second-order valence-electron chi connectivity index (χ2n) is 8.95. The molecule has 1 saturated carbocycles. The van der Waals surface area contributed by atoms with Gasteiger partial charge in [0.2, 0.25) is 0 Å². The molecule has 1 saturated heterocycles. The van der Waals surface area contributed by atoms with Crippen LogP contribution in [0.2, 0.25) is 0 Å². The zero-order chi connectivity index (χ0) is 19.3. The molecule has 0 radical (unpaired) electrons. The molecule has 0 unspecified atom stereocenters. The van der Waals surface area contributed by atoms with Crippen LogP contribution in [0.5, 0.6) is 5.75 Å². The van der Waals surface area contributed by atoms with Crippen molar-refractivity contribution >= 4 is 29.2 Å². The van der Waals surface area contributed by atoms with Crippen LogP contribution >= 0.6 is 12.4 Å². The highest BCUT2D eigenvalue weighted by Crippen LogP contribution is 2.42. The quantitative estimate of drug-likeness (QED) is 0.787. The molecule has 1 aliphatic carbocycles. The summed E-state index contributed by atoms with van der Waals surface area (Å²) in [7, 11) is 0. The number of piperazine rings is 1. The maximum absolute atomic E-state index is 13.6. The van der Waals surface area contributed by atoms with Crippen LogP contribution in [0.4, 0.5) is 0 Å². The molecule has 6 heteroatoms. The largest absolute Gasteiger partial charge is 0.489 e. The molecule has 0 bridgehead atoms. The van der Waals surface area contributed by atoms with Gasteiger partial charge in [-0.25, -0.2) is 0 Å². The van der Waals surface area contributed by atoms with Gasteiger partial charge in [-0.3, -0.25) is 4.79 Å². The normalized spacial score (nSPS) is 27.4. The summed E-state index contributed by atoms with van der Waals surface area (Å²) in [5.41, 5.74) is 1.95. The molecule has 3 aliphatic rings. The number of rotatable bonds is 2. The number of aromatic nitrogens is 1. The number of hydrogen-bond acceptors (Lipinski definition) is 3. The van der Waals surface area contributed by atoms with Gasteiger partial charge in [0, 0.05) is 36.8 Å². The fourth-order valence-corrected chi connectivity index (χ4v) is 5.64. The average Bonchev–Trinajstić information content (AvgIpc) is 3.10. The number of nitrogens with one attached hydrogen (secondary N) is 1. The van der Waals surface area contributed by atoms with Crippen molar-refractivity contribution in [3.8, 4) is 5.75 Å². The molecule has 1 N–H and O–H groups in total. The Morgan fingerprint density at radius 1 is 1.10 bits per heavy atom. The lowest BCUT2D eigenvalue weighted by Crippen LogP contribution is -2.57. The average molecular weight is 418 g/mol. The zero-order valence-corrected chi connectivity index (χ0v) is 18.2. The van der Waals surface area contributed by atoms with Crippen LogP contribution in [-0.2, 0) is 0 Å². The van der Waals surface area contributed by atoms with Gasteiger partial charge in [0.05, 0.1) is 17.1 Å². The zero-order valence-electron chi connectivity index (χ0n) is 17.4. The van der Waals surface area contributed by atoms with E-state index < -0.39 is 0 Å². The molecule has 2 aromatic rings. The topological polar surface area (TPSA) is 46.5 Å². The summed E-state index contributed by atoms with van der Waals surface area (Å²) >= 11 is 0. The Kier molecular flexibility index (Phi) is 5.80. The molecule has 5 nitrogen and oxygen atoms in total. The van der Waals surface area contributed by atoms with Crippen molar-refractivity contribution in [2.45, 2.75) is 64.1 Å². The van der Waals surface area contributed by atoms with E-state index in [1.54, 1.807) is 0 Å². The summed E-state index contributed by atoms with van der Waals surface area (Å²) in [6, 6.07) is 6.90. The van der Waals surface area contributed by atoms with E-state index in [1.165, 1.54) is 32.1 Å². The van der Waals surface area contributed by atoms with Crippen molar-refractivity contribution < 1.29 is 9.53 Å². The second-order valence-corrected chi connectivity index (χ2v) is 8.95. The number of amides is 1. The SMILES string of the molecule is C[C@@H]1CNC[C@H](C)N1C(=O)c1cn2c3c(cccc13)OC[C@H]2C1CCCCC1.Cl. The first-order chi connectivity index (χ1) is 13.6. The minimum absolute atomic E-state index is 0. The van der Waals surface area contributed by atoms with Crippen LogP contribution in [0.1, 0.15) is 62.4 Å². The number of benzene rings is 1. The van der Waals surface area contributed by atoms with Gasteiger partial charge in [-0.15, -0.1) is 12.4 Å². The Hall–Kier alpha value is -1.72. The van der Waals surface area contributed by atoms with Crippen LogP contribution in [0.3, 0.4) is 0 Å². The van der Waals surface area contributed by atoms with Crippen molar-refractivity contribution in [2.75, 3.05) is 19.7 Å². The smallest absolute Gasteiger partial charge is 0.256 e. The first kappa shape index (κ1) is 20.5. The number of carbonyl (C=O) groups is 1. The van der Waals surface area contributed by atoms with Crippen molar-refractivity contribution in [2.24, 2.45) is 5.92 Å². The van der Waals surface area contributed by atoms with Gasteiger partial charge in [-0.2, -0.15) is 0 Å². The number of carbonyl (C=O) groups excluding carboxylic acids is 1. The van der Waals surface area contributed by atoms with Crippen LogP contribution < -0.4 is 10.1 Å². The molecule has 2 fully saturated rings. The number of ether oxygens (including phenoxy) is 1. The Morgan fingerprint density at radius 3 is 2.55 bits per heavy atom. The van der Waals surface area contributed by atoms with Gasteiger partial charge >= 0.3 is 0 Å². The molecular formula is C23H32ClN3O2. The molecule has 3 atom stereocenters. The van der Waals surface area contributed by atoms with E-state index in [2.05, 4.69) is 40.9 Å². The Balaban J connectivity index is 0.00000205. The summed E-state index contributed by atoms with van der Waals surface area (Å²) in [6.07, 6.45) is 8.66. The van der Waals surface area contributed by atoms with Crippen LogP contribution in [0.25, 0.3) is 10.9 Å². The van der Waals surface area contributed by atoms with Crippen LogP contribution in [0, 0.1) is 5.92 Å². The minimum Gasteiger partial charge on any atom is -0.489 e. The van der Waals surface area contributed by atoms with Gasteiger partial charge in [0.25, 0.3) is 5.91 Å². The summed E-state index contributed by atoms with van der Waals surface area (Å²) < 4.78 is 8.57. The van der Waals surface area contributed by atoms with E-state index in [0.717, 1.165) is 41.9 Å². The van der Waals surface area contributed by atoms with E-state index in [9.17, 15) is 4.79 Å². The van der Waals surface area contributed by atoms with Gasteiger partial charge in [-0.1, -0.05) is 31.4 Å². The number of nitrogens with zero attached hydrogens (tertiary/aromatic N) is 2. The molecule has 1 aromatic carbocycles. The van der Waals surface area contributed by atoms with E-state index in [0.29, 0.717) is 12.0 Å². The number of halogens is 1. The predicted molar refractivity (Wildman–Crippen MR) is 118 cm³/mol. The van der Waals surface area contributed by atoms with Gasteiger partial charge in [-0.05, 0) is 38.7 Å². The van der Waals surface area contributed by atoms with E-state index in [-0.39, 0.29) is 30.4 Å². The van der Waals surface area contributed by atoms with Crippen molar-refractivity contribution in [3.63, 3.8) is 0 Å². The molecule has 0 spiro atoms. The third kappa shape index (κ3) is 3.42. The fraction of sp³-hybridized carbons (Fsp3) is 0.609. The maximum atomic E-state index is 13.6. The highest BCUT2D eigenvalue weighted by molar-refractivity contribution is 6.08. The van der Waals surface area contributed by atoms with Crippen molar-refractivity contribution in [3.05, 3.63) is 30.0 Å². The standard InChI is InChI=1S/C23H31N3O2.ClH/c1-15-11-24-12-16(2)26(15)23(27)19-13-25-20(17-7-4-3-5-8-17)14-28-21-10-6-9-18(19)22(21)25;/h6,9-10,13,15-17,20,24H,3-5,7-8,11-12,14H2,1-2H3;1H/t15-,16+,20-;/m0./s1. The van der Waals surface area contributed by atoms with Gasteiger partial charge in [0.1, 0.15) is 12.4 Å². The van der Waals surface area contributed by atoms with Crippen LogP contribution in [0.15, 0.2) is 24.4 Å². The maximum Gasteiger partial charge on any atom is 0.256 e. The van der Waals surface area contributed by atoms with Crippen LogP contribution in [-0.4, -0.2) is 47.2 Å². The van der Waals surface area contributed by atoms with Crippen molar-refractivity contribution in [1.29, 1.82) is 0 Å². The third-order valence-corrected chi connectivity index (χ3v) is 7.07. The first-order valence-electron chi connectivity index (χ1n) is 10.9. The lowest BCUT2D eigenvalue weighted by atomic mass is 9.83. The van der Waals surface area contributed by atoms with Crippen molar-refractivity contribution in [1.82, 2.24) is 14.8 Å². The van der Waals surface area contributed by atoms with Gasteiger partial charge < -0.3 is 19.5 Å². The summed E-state index contributed by atoms with van der Waals surface area (Å²) in [6.45, 7) is 6.70. The van der Waals surface area contributed by atoms with E-state index >= 15 is 0 Å². The Bertz CT molecular complexity index is 880. The highest BCUT2D eigenvalue weighted by Gasteiger charge is 2.35. The predicted octanol–water partition coefficient (Wildman–Crippen LogP) is 4.40. The summed E-state index contributed by atoms with van der Waals surface area (Å²) in [4.78, 5) is 15.7. The lowest BCUT2D eigenvalue weighted by Gasteiger charge is -2.39. The lowest BCUT2D eigenvalue weighted by molar-refractivity contribution is 0.0546. The molecule has 3 heterocycles. The number of para-hydroxylation sites is 1. The van der Waals surface area contributed by atoms with Gasteiger partial charge in [0.15, 0.2) is 0 Å². The van der Waals surface area contributed by atoms with E-state index in [4.69, 9.17) is 4.74 Å². The number of hydrogen-bond donors (Lipinski definition) is 1. The first-order valence-corrected chi connectivity index (χ1v) is 10.9. The molecule has 5 rings (SSSR count). The van der Waals surface area contributed by atoms with E-state index in [1.807, 2.05) is 12.1 Å². The monoisotopic (exact) mass is 417 g/mol.